The molecule has 0 spiro atoms. The van der Waals surface area contributed by atoms with Crippen LogP contribution in [0.5, 0.6) is 0 Å². The molecule has 2 aliphatic heterocycles. The van der Waals surface area contributed by atoms with Crippen molar-refractivity contribution < 1.29 is 18.7 Å². The fourth-order valence-corrected chi connectivity index (χ4v) is 3.70. The van der Waals surface area contributed by atoms with Crippen LogP contribution in [0, 0.1) is 5.82 Å². The average Bonchev–Trinajstić information content (AvgIpc) is 3.14. The van der Waals surface area contributed by atoms with Gasteiger partial charge in [0, 0.05) is 0 Å². The number of ether oxygens (including phenoxy) is 1. The van der Waals surface area contributed by atoms with Crippen LogP contribution in [0.1, 0.15) is 6.42 Å². The normalized spacial score (nSPS) is 23.2. The van der Waals surface area contributed by atoms with E-state index in [1.165, 1.54) is 28.8 Å². The number of nitrogen functional groups attached to an aromatic ring is 1. The molecule has 0 aromatic heterocycles. The topological polar surface area (TPSA) is 84.7 Å². The van der Waals surface area contributed by atoms with Gasteiger partial charge in [-0.25, -0.2) is 9.18 Å². The zero-order valence-electron chi connectivity index (χ0n) is 12.5. The Bertz CT molecular complexity index is 715. The summed E-state index contributed by atoms with van der Waals surface area (Å²) < 4.78 is 19.4. The second-order valence-electron chi connectivity index (χ2n) is 5.42. The van der Waals surface area contributed by atoms with Crippen LogP contribution in [0.2, 0.25) is 0 Å². The number of amides is 2. The smallest absolute Gasteiger partial charge is 0.414 e. The SMILES string of the molecule is Nc1ccc(N2C[C@H](CNC(=O)C3CC=C(Cl)S3)OC2=O)cc1F. The highest BCUT2D eigenvalue weighted by Crippen LogP contribution is 2.34. The maximum absolute atomic E-state index is 13.5. The van der Waals surface area contributed by atoms with Crippen LogP contribution in [-0.2, 0) is 9.53 Å². The first-order valence-corrected chi connectivity index (χ1v) is 8.53. The molecule has 0 aliphatic carbocycles. The van der Waals surface area contributed by atoms with Crippen molar-refractivity contribution in [1.29, 1.82) is 0 Å². The summed E-state index contributed by atoms with van der Waals surface area (Å²) in [5, 5.41) is 2.50. The lowest BCUT2D eigenvalue weighted by Crippen LogP contribution is -2.38. The lowest BCUT2D eigenvalue weighted by Gasteiger charge is -2.14. The second kappa shape index (κ2) is 6.90. The number of halogens is 2. The Hall–Kier alpha value is -1.93. The molecule has 0 saturated carbocycles. The van der Waals surface area contributed by atoms with Crippen LogP contribution in [0.3, 0.4) is 0 Å². The molecule has 6 nitrogen and oxygen atoms in total. The number of benzene rings is 1. The van der Waals surface area contributed by atoms with Gasteiger partial charge in [-0.3, -0.25) is 9.69 Å². The molecule has 3 N–H and O–H groups in total. The second-order valence-corrected chi connectivity index (χ2v) is 7.29. The lowest BCUT2D eigenvalue weighted by molar-refractivity contribution is -0.120. The molecule has 9 heteroatoms. The number of nitrogens with one attached hydrogen (secondary N) is 1. The van der Waals surface area contributed by atoms with Crippen molar-refractivity contribution in [2.24, 2.45) is 0 Å². The number of hydrogen-bond acceptors (Lipinski definition) is 5. The number of rotatable bonds is 4. The summed E-state index contributed by atoms with van der Waals surface area (Å²) in [7, 11) is 0. The van der Waals surface area contributed by atoms with E-state index in [1.807, 2.05) is 0 Å². The minimum Gasteiger partial charge on any atom is -0.442 e. The number of thioether (sulfide) groups is 1. The van der Waals surface area contributed by atoms with Gasteiger partial charge in [0.1, 0.15) is 11.9 Å². The fraction of sp³-hybridized carbons (Fsp3) is 0.333. The molecule has 2 aliphatic rings. The molecule has 0 radical (unpaired) electrons. The molecule has 2 atom stereocenters. The maximum atomic E-state index is 13.5. The Morgan fingerprint density at radius 3 is 3.00 bits per heavy atom. The van der Waals surface area contributed by atoms with Crippen molar-refractivity contribution in [3.63, 3.8) is 0 Å². The quantitative estimate of drug-likeness (QED) is 0.794. The molecule has 0 bridgehead atoms. The first kappa shape index (κ1) is 16.9. The molecule has 1 aromatic rings. The van der Waals surface area contributed by atoms with Gasteiger partial charge in [0.25, 0.3) is 0 Å². The summed E-state index contributed by atoms with van der Waals surface area (Å²) in [6, 6.07) is 4.12. The molecule has 2 amide bonds. The molecular formula is C15H15ClFN3O3S. The first-order valence-electron chi connectivity index (χ1n) is 7.27. The third kappa shape index (κ3) is 3.59. The number of nitrogens with two attached hydrogens (primary N) is 1. The lowest BCUT2D eigenvalue weighted by atomic mass is 10.2. The molecule has 1 saturated heterocycles. The van der Waals surface area contributed by atoms with Gasteiger partial charge in [-0.05, 0) is 24.6 Å². The van der Waals surface area contributed by atoms with Crippen molar-refractivity contribution in [2.45, 2.75) is 17.8 Å². The summed E-state index contributed by atoms with van der Waals surface area (Å²) in [6.07, 6.45) is 1.29. The highest BCUT2D eigenvalue weighted by molar-refractivity contribution is 8.06. The average molecular weight is 372 g/mol. The Morgan fingerprint density at radius 1 is 1.54 bits per heavy atom. The molecule has 24 heavy (non-hydrogen) atoms. The van der Waals surface area contributed by atoms with Gasteiger partial charge in [0.2, 0.25) is 5.91 Å². The molecule has 128 valence electrons. The maximum Gasteiger partial charge on any atom is 0.414 e. The van der Waals surface area contributed by atoms with Crippen molar-refractivity contribution in [1.82, 2.24) is 5.32 Å². The highest BCUT2D eigenvalue weighted by Gasteiger charge is 2.33. The summed E-state index contributed by atoms with van der Waals surface area (Å²) in [4.78, 5) is 25.3. The van der Waals surface area contributed by atoms with E-state index in [0.29, 0.717) is 16.5 Å². The van der Waals surface area contributed by atoms with Crippen LogP contribution >= 0.6 is 23.4 Å². The van der Waals surface area contributed by atoms with Crippen LogP contribution in [0.25, 0.3) is 0 Å². The number of nitrogens with zero attached hydrogens (tertiary/aromatic N) is 1. The summed E-state index contributed by atoms with van der Waals surface area (Å²) in [5.74, 6) is -0.750. The third-order valence-electron chi connectivity index (χ3n) is 3.71. The zero-order valence-corrected chi connectivity index (χ0v) is 14.1. The minimum absolute atomic E-state index is 0.0106. The number of cyclic esters (lactones) is 1. The predicted octanol–water partition coefficient (Wildman–Crippen LogP) is 2.44. The standard InChI is InChI=1S/C15H15ClFN3O3S/c16-13-4-3-12(24-13)14(21)19-6-9-7-20(15(22)23-9)8-1-2-11(18)10(17)5-8/h1-2,4-5,9,12H,3,6-7,18H2,(H,19,21)/t9-,12?/m0/s1. The third-order valence-corrected chi connectivity index (χ3v) is 5.22. The molecule has 1 unspecified atom stereocenters. The molecule has 2 heterocycles. The minimum atomic E-state index is -0.598. The zero-order chi connectivity index (χ0) is 17.3. The molecular weight excluding hydrogens is 357 g/mol. The fourth-order valence-electron chi connectivity index (χ4n) is 2.44. The number of allylic oxidation sites excluding steroid dienone is 1. The molecule has 1 fully saturated rings. The van der Waals surface area contributed by atoms with Gasteiger partial charge in [-0.15, -0.1) is 11.8 Å². The monoisotopic (exact) mass is 371 g/mol. The Kier molecular flexibility index (Phi) is 4.86. The van der Waals surface area contributed by atoms with Crippen molar-refractivity contribution in [3.8, 4) is 0 Å². The van der Waals surface area contributed by atoms with E-state index in [4.69, 9.17) is 22.1 Å². The van der Waals surface area contributed by atoms with E-state index in [2.05, 4.69) is 5.32 Å². The predicted molar refractivity (Wildman–Crippen MR) is 91.4 cm³/mol. The molecule has 3 rings (SSSR count). The van der Waals surface area contributed by atoms with Gasteiger partial charge < -0.3 is 15.8 Å². The van der Waals surface area contributed by atoms with Gasteiger partial charge >= 0.3 is 6.09 Å². The van der Waals surface area contributed by atoms with E-state index in [-0.39, 0.29) is 29.9 Å². The summed E-state index contributed by atoms with van der Waals surface area (Å²) in [5.41, 5.74) is 5.80. The van der Waals surface area contributed by atoms with Crippen LogP contribution in [0.15, 0.2) is 28.6 Å². The number of hydrogen-bond donors (Lipinski definition) is 2. The van der Waals surface area contributed by atoms with Crippen molar-refractivity contribution in [3.05, 3.63) is 34.5 Å². The van der Waals surface area contributed by atoms with E-state index >= 15 is 0 Å². The highest BCUT2D eigenvalue weighted by atomic mass is 35.5. The van der Waals surface area contributed by atoms with Crippen LogP contribution in [0.4, 0.5) is 20.6 Å². The van der Waals surface area contributed by atoms with Crippen LogP contribution in [-0.4, -0.2) is 36.4 Å². The number of carbonyl (C=O) groups excluding carboxylic acids is 2. The van der Waals surface area contributed by atoms with Gasteiger partial charge in [0.05, 0.1) is 34.1 Å². The number of anilines is 2. The molecule has 1 aromatic carbocycles. The van der Waals surface area contributed by atoms with Crippen molar-refractivity contribution >= 4 is 46.7 Å². The first-order chi connectivity index (χ1) is 11.4. The van der Waals surface area contributed by atoms with Crippen LogP contribution < -0.4 is 16.0 Å². The number of carbonyl (C=O) groups is 2. The largest absolute Gasteiger partial charge is 0.442 e. The van der Waals surface area contributed by atoms with Crippen molar-refractivity contribution in [2.75, 3.05) is 23.7 Å². The summed E-state index contributed by atoms with van der Waals surface area (Å²) >= 11 is 7.14. The van der Waals surface area contributed by atoms with Gasteiger partial charge in [0.15, 0.2) is 0 Å². The Labute approximate surface area is 147 Å². The van der Waals surface area contributed by atoms with E-state index < -0.39 is 18.0 Å². The Balaban J connectivity index is 1.55. The van der Waals surface area contributed by atoms with E-state index in [1.54, 1.807) is 12.1 Å². The summed E-state index contributed by atoms with van der Waals surface area (Å²) in [6.45, 7) is 0.409. The van der Waals surface area contributed by atoms with E-state index in [9.17, 15) is 14.0 Å². The van der Waals surface area contributed by atoms with Gasteiger partial charge in [-0.1, -0.05) is 17.7 Å². The van der Waals surface area contributed by atoms with Gasteiger partial charge in [-0.2, -0.15) is 0 Å². The Morgan fingerprint density at radius 2 is 2.33 bits per heavy atom. The van der Waals surface area contributed by atoms with E-state index in [0.717, 1.165) is 0 Å².